The van der Waals surface area contributed by atoms with Gasteiger partial charge in [0.25, 0.3) is 0 Å². The fourth-order valence-electron chi connectivity index (χ4n) is 2.80. The van der Waals surface area contributed by atoms with Crippen LogP contribution in [0.15, 0.2) is 6.33 Å². The number of hydrogen-bond donors (Lipinski definition) is 1. The monoisotopic (exact) mass is 251 g/mol. The normalized spacial score (nSPS) is 23.5. The summed E-state index contributed by atoms with van der Waals surface area (Å²) in [5, 5.41) is 11.8. The molecule has 1 saturated heterocycles. The van der Waals surface area contributed by atoms with Crippen LogP contribution in [0, 0.1) is 0 Å². The van der Waals surface area contributed by atoms with Gasteiger partial charge in [-0.1, -0.05) is 13.8 Å². The maximum Gasteiger partial charge on any atom is 0.149 e. The maximum atomic E-state index is 4.23. The van der Waals surface area contributed by atoms with Crippen LogP contribution < -0.4 is 5.32 Å². The number of piperidine rings is 1. The summed E-state index contributed by atoms with van der Waals surface area (Å²) in [5.74, 6) is 1.06. The molecule has 102 valence electrons. The molecule has 0 aromatic carbocycles. The lowest BCUT2D eigenvalue weighted by atomic mass is 10.0. The Morgan fingerprint density at radius 3 is 2.78 bits per heavy atom. The SMILES string of the molecule is CC(C)NC1CCCN(C(C)c2nncn2C)C1. The smallest absolute Gasteiger partial charge is 0.149 e. The van der Waals surface area contributed by atoms with Crippen molar-refractivity contribution >= 4 is 0 Å². The van der Waals surface area contributed by atoms with Gasteiger partial charge in [-0.2, -0.15) is 0 Å². The third kappa shape index (κ3) is 3.09. The molecule has 0 radical (unpaired) electrons. The van der Waals surface area contributed by atoms with Crippen LogP contribution in [0.4, 0.5) is 0 Å². The van der Waals surface area contributed by atoms with Crippen LogP contribution in [-0.2, 0) is 7.05 Å². The van der Waals surface area contributed by atoms with Crippen molar-refractivity contribution in [1.29, 1.82) is 0 Å². The molecule has 1 aromatic heterocycles. The molecule has 2 rings (SSSR count). The highest BCUT2D eigenvalue weighted by Gasteiger charge is 2.26. The Bertz CT molecular complexity index is 373. The molecule has 18 heavy (non-hydrogen) atoms. The molecule has 0 spiro atoms. The van der Waals surface area contributed by atoms with Gasteiger partial charge in [-0.05, 0) is 26.3 Å². The Kier molecular flexibility index (Phi) is 4.35. The van der Waals surface area contributed by atoms with E-state index in [0.717, 1.165) is 18.9 Å². The molecule has 2 heterocycles. The Morgan fingerprint density at radius 2 is 2.17 bits per heavy atom. The van der Waals surface area contributed by atoms with E-state index in [4.69, 9.17) is 0 Å². The average molecular weight is 251 g/mol. The van der Waals surface area contributed by atoms with E-state index >= 15 is 0 Å². The molecule has 2 atom stereocenters. The average Bonchev–Trinajstić information content (AvgIpc) is 2.74. The van der Waals surface area contributed by atoms with Crippen LogP contribution in [0.3, 0.4) is 0 Å². The second-order valence-electron chi connectivity index (χ2n) is 5.63. The molecular weight excluding hydrogens is 226 g/mol. The second-order valence-corrected chi connectivity index (χ2v) is 5.63. The van der Waals surface area contributed by atoms with Crippen molar-refractivity contribution in [2.45, 2.75) is 51.7 Å². The topological polar surface area (TPSA) is 46.0 Å². The Balaban J connectivity index is 1.98. The minimum absolute atomic E-state index is 0.342. The van der Waals surface area contributed by atoms with Crippen LogP contribution >= 0.6 is 0 Å². The number of aromatic nitrogens is 3. The number of aryl methyl sites for hydroxylation is 1. The van der Waals surface area contributed by atoms with Crippen LogP contribution in [0.5, 0.6) is 0 Å². The van der Waals surface area contributed by atoms with Gasteiger partial charge >= 0.3 is 0 Å². The first kappa shape index (κ1) is 13.5. The molecule has 2 unspecified atom stereocenters. The molecule has 1 aliphatic heterocycles. The zero-order valence-corrected chi connectivity index (χ0v) is 11.9. The molecule has 0 amide bonds. The van der Waals surface area contributed by atoms with Gasteiger partial charge in [-0.15, -0.1) is 10.2 Å². The van der Waals surface area contributed by atoms with Gasteiger partial charge in [-0.25, -0.2) is 0 Å². The molecule has 1 aliphatic rings. The fraction of sp³-hybridized carbons (Fsp3) is 0.846. The van der Waals surface area contributed by atoms with Crippen LogP contribution in [0.2, 0.25) is 0 Å². The summed E-state index contributed by atoms with van der Waals surface area (Å²) in [4.78, 5) is 2.51. The van der Waals surface area contributed by atoms with Crippen molar-refractivity contribution in [3.8, 4) is 0 Å². The van der Waals surface area contributed by atoms with Gasteiger partial charge in [0, 0.05) is 25.7 Å². The zero-order chi connectivity index (χ0) is 13.1. The maximum absolute atomic E-state index is 4.23. The van der Waals surface area contributed by atoms with E-state index in [1.807, 2.05) is 11.6 Å². The lowest BCUT2D eigenvalue weighted by Gasteiger charge is -2.37. The Morgan fingerprint density at radius 1 is 1.39 bits per heavy atom. The molecular formula is C13H25N5. The quantitative estimate of drug-likeness (QED) is 0.877. The third-order valence-corrected chi connectivity index (χ3v) is 3.69. The lowest BCUT2D eigenvalue weighted by Crippen LogP contribution is -2.48. The summed E-state index contributed by atoms with van der Waals surface area (Å²) in [7, 11) is 2.01. The van der Waals surface area contributed by atoms with E-state index in [0.29, 0.717) is 18.1 Å². The van der Waals surface area contributed by atoms with Gasteiger partial charge in [0.2, 0.25) is 0 Å². The largest absolute Gasteiger partial charge is 0.319 e. The number of hydrogen-bond acceptors (Lipinski definition) is 4. The van der Waals surface area contributed by atoms with Crippen molar-refractivity contribution < 1.29 is 0 Å². The predicted octanol–water partition coefficient (Wildman–Crippen LogP) is 1.34. The number of nitrogens with zero attached hydrogens (tertiary/aromatic N) is 4. The highest BCUT2D eigenvalue weighted by atomic mass is 15.3. The molecule has 1 N–H and O–H groups in total. The molecule has 1 fully saturated rings. The van der Waals surface area contributed by atoms with Crippen molar-refractivity contribution in [3.05, 3.63) is 12.2 Å². The standard InChI is InChI=1S/C13H25N5/c1-10(2)15-12-6-5-7-18(8-12)11(3)13-16-14-9-17(13)4/h9-12,15H,5-8H2,1-4H3. The van der Waals surface area contributed by atoms with Crippen molar-refractivity contribution in [1.82, 2.24) is 25.0 Å². The zero-order valence-electron chi connectivity index (χ0n) is 11.9. The summed E-state index contributed by atoms with van der Waals surface area (Å²) < 4.78 is 2.02. The summed E-state index contributed by atoms with van der Waals surface area (Å²) in [6.07, 6.45) is 4.31. The molecule has 1 aromatic rings. The summed E-state index contributed by atoms with van der Waals surface area (Å²) >= 11 is 0. The summed E-state index contributed by atoms with van der Waals surface area (Å²) in [5.41, 5.74) is 0. The van der Waals surface area contributed by atoms with Crippen molar-refractivity contribution in [2.75, 3.05) is 13.1 Å². The van der Waals surface area contributed by atoms with Gasteiger partial charge in [0.15, 0.2) is 0 Å². The summed E-state index contributed by atoms with van der Waals surface area (Å²) in [6.45, 7) is 8.91. The molecule has 5 heteroatoms. The van der Waals surface area contributed by atoms with Gasteiger partial charge in [0.05, 0.1) is 6.04 Å². The molecule has 0 bridgehead atoms. The van der Waals surface area contributed by atoms with E-state index in [2.05, 4.69) is 41.2 Å². The number of likely N-dealkylation sites (tertiary alicyclic amines) is 1. The molecule has 0 saturated carbocycles. The van der Waals surface area contributed by atoms with Gasteiger partial charge in [0.1, 0.15) is 12.2 Å². The first-order valence-corrected chi connectivity index (χ1v) is 6.92. The minimum atomic E-state index is 0.342. The minimum Gasteiger partial charge on any atom is -0.319 e. The Hall–Kier alpha value is -0.940. The highest BCUT2D eigenvalue weighted by molar-refractivity contribution is 4.95. The fourth-order valence-corrected chi connectivity index (χ4v) is 2.80. The Labute approximate surface area is 110 Å². The highest BCUT2D eigenvalue weighted by Crippen LogP contribution is 2.22. The third-order valence-electron chi connectivity index (χ3n) is 3.69. The summed E-state index contributed by atoms with van der Waals surface area (Å²) in [6, 6.07) is 1.50. The second kappa shape index (κ2) is 5.80. The predicted molar refractivity (Wildman–Crippen MR) is 72.3 cm³/mol. The van der Waals surface area contributed by atoms with E-state index in [-0.39, 0.29) is 0 Å². The van der Waals surface area contributed by atoms with Crippen LogP contribution in [-0.4, -0.2) is 44.8 Å². The lowest BCUT2D eigenvalue weighted by molar-refractivity contribution is 0.136. The first-order valence-electron chi connectivity index (χ1n) is 6.92. The molecule has 0 aliphatic carbocycles. The first-order chi connectivity index (χ1) is 8.58. The van der Waals surface area contributed by atoms with Crippen LogP contribution in [0.25, 0.3) is 0 Å². The van der Waals surface area contributed by atoms with Crippen molar-refractivity contribution in [3.63, 3.8) is 0 Å². The van der Waals surface area contributed by atoms with E-state index in [9.17, 15) is 0 Å². The van der Waals surface area contributed by atoms with E-state index in [1.54, 1.807) is 6.33 Å². The van der Waals surface area contributed by atoms with Gasteiger partial charge in [-0.3, -0.25) is 4.90 Å². The van der Waals surface area contributed by atoms with E-state index < -0.39 is 0 Å². The van der Waals surface area contributed by atoms with Crippen LogP contribution in [0.1, 0.15) is 45.5 Å². The molecule has 5 nitrogen and oxygen atoms in total. The van der Waals surface area contributed by atoms with Gasteiger partial charge < -0.3 is 9.88 Å². The van der Waals surface area contributed by atoms with E-state index in [1.165, 1.54) is 12.8 Å². The number of rotatable bonds is 4. The number of nitrogens with one attached hydrogen (secondary N) is 1. The van der Waals surface area contributed by atoms with Crippen molar-refractivity contribution in [2.24, 2.45) is 7.05 Å².